The molecule has 1 aromatic rings. The highest BCUT2D eigenvalue weighted by molar-refractivity contribution is 6.03. The molecule has 0 saturated heterocycles. The molecule has 1 rings (SSSR count). The summed E-state index contributed by atoms with van der Waals surface area (Å²) in [5.74, 6) is -0.0425. The van der Waals surface area contributed by atoms with Crippen LogP contribution in [0.5, 0.6) is 11.5 Å². The number of hydrogen-bond donors (Lipinski definition) is 2. The molecule has 0 unspecified atom stereocenters. The van der Waals surface area contributed by atoms with E-state index in [1.807, 2.05) is 0 Å². The standard InChI is InChI=1S/C15H24N2O6/c1-4-21-15(18)12-10(16)9-11(22-7-5-19-2)14(13(12)17)23-8-6-20-3/h9H,4-8,16-17H2,1-3H3. The van der Waals surface area contributed by atoms with Gasteiger partial charge in [-0.05, 0) is 6.92 Å². The Hall–Kier alpha value is -2.19. The van der Waals surface area contributed by atoms with Gasteiger partial charge in [0.15, 0.2) is 11.5 Å². The van der Waals surface area contributed by atoms with E-state index in [-0.39, 0.29) is 42.5 Å². The summed E-state index contributed by atoms with van der Waals surface area (Å²) in [4.78, 5) is 12.0. The summed E-state index contributed by atoms with van der Waals surface area (Å²) in [5, 5.41) is 0. The van der Waals surface area contributed by atoms with Crippen LogP contribution >= 0.6 is 0 Å². The van der Waals surface area contributed by atoms with Crippen molar-refractivity contribution in [3.63, 3.8) is 0 Å². The van der Waals surface area contributed by atoms with Crippen LogP contribution in [0.25, 0.3) is 0 Å². The van der Waals surface area contributed by atoms with E-state index in [0.717, 1.165) is 0 Å². The van der Waals surface area contributed by atoms with Crippen LogP contribution in [0.15, 0.2) is 6.07 Å². The van der Waals surface area contributed by atoms with E-state index in [9.17, 15) is 4.79 Å². The SMILES string of the molecule is CCOC(=O)c1c(N)cc(OCCOC)c(OCCOC)c1N. The molecule has 0 aliphatic heterocycles. The van der Waals surface area contributed by atoms with Crippen LogP contribution in [0.4, 0.5) is 11.4 Å². The highest BCUT2D eigenvalue weighted by atomic mass is 16.6. The number of carbonyl (C=O) groups is 1. The van der Waals surface area contributed by atoms with Crippen LogP contribution in [-0.4, -0.2) is 53.2 Å². The van der Waals surface area contributed by atoms with Crippen molar-refractivity contribution in [2.45, 2.75) is 6.92 Å². The molecule has 4 N–H and O–H groups in total. The minimum absolute atomic E-state index is 0.0679. The Bertz CT molecular complexity index is 521. The lowest BCUT2D eigenvalue weighted by Crippen LogP contribution is -2.15. The maximum atomic E-state index is 12.0. The second-order valence-corrected chi connectivity index (χ2v) is 4.48. The van der Waals surface area contributed by atoms with Gasteiger partial charge in [-0.3, -0.25) is 0 Å². The Balaban J connectivity index is 3.15. The number of anilines is 2. The molecule has 0 bridgehead atoms. The third-order valence-electron chi connectivity index (χ3n) is 2.87. The quantitative estimate of drug-likeness (QED) is 0.372. The first-order valence-corrected chi connectivity index (χ1v) is 7.19. The molecule has 8 nitrogen and oxygen atoms in total. The summed E-state index contributed by atoms with van der Waals surface area (Å²) in [6.07, 6.45) is 0. The van der Waals surface area contributed by atoms with Gasteiger partial charge in [0.05, 0.1) is 31.2 Å². The summed E-state index contributed by atoms with van der Waals surface area (Å²) >= 11 is 0. The minimum Gasteiger partial charge on any atom is -0.487 e. The van der Waals surface area contributed by atoms with Crippen molar-refractivity contribution in [2.24, 2.45) is 0 Å². The molecule has 0 amide bonds. The highest BCUT2D eigenvalue weighted by Crippen LogP contribution is 2.40. The number of methoxy groups -OCH3 is 2. The Morgan fingerprint density at radius 3 is 2.22 bits per heavy atom. The molecular weight excluding hydrogens is 304 g/mol. The Labute approximate surface area is 135 Å². The fourth-order valence-corrected chi connectivity index (χ4v) is 1.83. The van der Waals surface area contributed by atoms with Crippen molar-refractivity contribution in [1.82, 2.24) is 0 Å². The molecule has 0 spiro atoms. The number of benzene rings is 1. The second kappa shape index (κ2) is 9.75. The smallest absolute Gasteiger partial charge is 0.342 e. The summed E-state index contributed by atoms with van der Waals surface area (Å²) in [5.41, 5.74) is 12.3. The normalized spacial score (nSPS) is 10.4. The number of nitrogens with two attached hydrogens (primary N) is 2. The van der Waals surface area contributed by atoms with E-state index < -0.39 is 5.97 Å². The monoisotopic (exact) mass is 328 g/mol. The van der Waals surface area contributed by atoms with E-state index in [0.29, 0.717) is 19.0 Å². The zero-order valence-corrected chi connectivity index (χ0v) is 13.7. The first kappa shape index (κ1) is 18.9. The van der Waals surface area contributed by atoms with Crippen molar-refractivity contribution in [2.75, 3.05) is 58.7 Å². The predicted octanol–water partition coefficient (Wildman–Crippen LogP) is 1.08. The van der Waals surface area contributed by atoms with Gasteiger partial charge in [0, 0.05) is 20.3 Å². The third kappa shape index (κ3) is 5.19. The number of esters is 1. The Morgan fingerprint density at radius 2 is 1.65 bits per heavy atom. The van der Waals surface area contributed by atoms with Gasteiger partial charge >= 0.3 is 5.97 Å². The lowest BCUT2D eigenvalue weighted by molar-refractivity contribution is 0.0528. The van der Waals surface area contributed by atoms with Crippen LogP contribution < -0.4 is 20.9 Å². The molecule has 130 valence electrons. The first-order valence-electron chi connectivity index (χ1n) is 7.19. The third-order valence-corrected chi connectivity index (χ3v) is 2.87. The van der Waals surface area contributed by atoms with E-state index >= 15 is 0 Å². The maximum absolute atomic E-state index is 12.0. The van der Waals surface area contributed by atoms with Crippen LogP contribution in [0.2, 0.25) is 0 Å². The van der Waals surface area contributed by atoms with Crippen LogP contribution in [0.1, 0.15) is 17.3 Å². The van der Waals surface area contributed by atoms with Crippen molar-refractivity contribution in [3.8, 4) is 11.5 Å². The largest absolute Gasteiger partial charge is 0.487 e. The molecule has 0 radical (unpaired) electrons. The fraction of sp³-hybridized carbons (Fsp3) is 0.533. The zero-order valence-electron chi connectivity index (χ0n) is 13.7. The molecule has 0 fully saturated rings. The first-order chi connectivity index (χ1) is 11.1. The van der Waals surface area contributed by atoms with E-state index in [1.165, 1.54) is 6.07 Å². The van der Waals surface area contributed by atoms with Gasteiger partial charge in [0.2, 0.25) is 0 Å². The highest BCUT2D eigenvalue weighted by Gasteiger charge is 2.23. The van der Waals surface area contributed by atoms with E-state index in [4.69, 9.17) is 35.2 Å². The average Bonchev–Trinajstić information content (AvgIpc) is 2.50. The van der Waals surface area contributed by atoms with Crippen molar-refractivity contribution < 1.29 is 28.5 Å². The van der Waals surface area contributed by atoms with Gasteiger partial charge in [-0.25, -0.2) is 4.79 Å². The van der Waals surface area contributed by atoms with Crippen molar-refractivity contribution in [3.05, 3.63) is 11.6 Å². The second-order valence-electron chi connectivity index (χ2n) is 4.48. The lowest BCUT2D eigenvalue weighted by Gasteiger charge is -2.18. The van der Waals surface area contributed by atoms with Gasteiger partial charge in [0.1, 0.15) is 18.8 Å². The Kier molecular flexibility index (Phi) is 8.00. The van der Waals surface area contributed by atoms with E-state index in [1.54, 1.807) is 21.1 Å². The summed E-state index contributed by atoms with van der Waals surface area (Å²) in [6, 6.07) is 1.49. The molecule has 0 saturated carbocycles. The lowest BCUT2D eigenvalue weighted by atomic mass is 10.1. The van der Waals surface area contributed by atoms with Crippen LogP contribution in [0, 0.1) is 0 Å². The van der Waals surface area contributed by atoms with Gasteiger partial charge in [0.25, 0.3) is 0 Å². The summed E-state index contributed by atoms with van der Waals surface area (Å²) < 4.78 is 26.0. The maximum Gasteiger partial charge on any atom is 0.342 e. The molecule has 0 atom stereocenters. The zero-order chi connectivity index (χ0) is 17.2. The number of nitrogen functional groups attached to an aromatic ring is 2. The molecular formula is C15H24N2O6. The van der Waals surface area contributed by atoms with Gasteiger partial charge in [-0.2, -0.15) is 0 Å². The average molecular weight is 328 g/mol. The molecule has 0 heterocycles. The number of carbonyl (C=O) groups excluding carboxylic acids is 1. The van der Waals surface area contributed by atoms with E-state index in [2.05, 4.69) is 0 Å². The molecule has 0 aliphatic rings. The van der Waals surface area contributed by atoms with Gasteiger partial charge < -0.3 is 35.2 Å². The molecule has 0 aromatic heterocycles. The van der Waals surface area contributed by atoms with Crippen LogP contribution in [0.3, 0.4) is 0 Å². The Morgan fingerprint density at radius 1 is 1.04 bits per heavy atom. The van der Waals surface area contributed by atoms with Gasteiger partial charge in [-0.15, -0.1) is 0 Å². The number of ether oxygens (including phenoxy) is 5. The summed E-state index contributed by atoms with van der Waals surface area (Å²) in [6.45, 7) is 3.18. The molecule has 23 heavy (non-hydrogen) atoms. The number of rotatable bonds is 10. The number of hydrogen-bond acceptors (Lipinski definition) is 8. The minimum atomic E-state index is -0.609. The summed E-state index contributed by atoms with van der Waals surface area (Å²) in [7, 11) is 3.11. The van der Waals surface area contributed by atoms with Gasteiger partial charge in [-0.1, -0.05) is 0 Å². The van der Waals surface area contributed by atoms with Crippen LogP contribution in [-0.2, 0) is 14.2 Å². The molecule has 0 aliphatic carbocycles. The fourth-order valence-electron chi connectivity index (χ4n) is 1.83. The molecule has 8 heteroatoms. The predicted molar refractivity (Wildman–Crippen MR) is 86.0 cm³/mol. The van der Waals surface area contributed by atoms with Crippen molar-refractivity contribution in [1.29, 1.82) is 0 Å². The molecule has 1 aromatic carbocycles. The topological polar surface area (TPSA) is 115 Å². The van der Waals surface area contributed by atoms with Crippen molar-refractivity contribution >= 4 is 17.3 Å².